The smallest absolute Gasteiger partial charge is 0.387 e. The Kier molecular flexibility index (Phi) is 28.8. The van der Waals surface area contributed by atoms with Crippen LogP contribution in [0.3, 0.4) is 0 Å². The third-order valence-corrected chi connectivity index (χ3v) is 8.35. The quantitative estimate of drug-likeness (QED) is 0.0357. The van der Waals surface area contributed by atoms with Crippen molar-refractivity contribution in [1.29, 1.82) is 0 Å². The van der Waals surface area contributed by atoms with E-state index in [0.717, 1.165) is 38.5 Å². The molecule has 8 nitrogen and oxygen atoms in total. The predicted molar refractivity (Wildman–Crippen MR) is 171 cm³/mol. The number of unbranched alkanes of at least 4 members (excludes halogenated alkanes) is 19. The number of phosphoric ester groups is 1. The van der Waals surface area contributed by atoms with Crippen molar-refractivity contribution in [3.63, 3.8) is 0 Å². The highest BCUT2D eigenvalue weighted by molar-refractivity contribution is 7.47. The molecule has 0 aliphatic carbocycles. The molecule has 0 rings (SSSR count). The number of allylic oxidation sites excluding steroid dienone is 1. The predicted octanol–water partition coefficient (Wildman–Crippen LogP) is 8.10. The van der Waals surface area contributed by atoms with E-state index in [-0.39, 0.29) is 25.7 Å². The van der Waals surface area contributed by atoms with E-state index in [1.165, 1.54) is 96.3 Å². The summed E-state index contributed by atoms with van der Waals surface area (Å²) in [6.45, 7) is 4.09. The number of phosphoric acid groups is 1. The van der Waals surface area contributed by atoms with Gasteiger partial charge in [0, 0.05) is 13.0 Å². The minimum Gasteiger partial charge on any atom is -0.387 e. The Bertz CT molecular complexity index is 664. The van der Waals surface area contributed by atoms with Crippen LogP contribution in [0.1, 0.15) is 155 Å². The fourth-order valence-electron chi connectivity index (χ4n) is 4.78. The summed E-state index contributed by atoms with van der Waals surface area (Å²) in [5, 5.41) is 13.5. The van der Waals surface area contributed by atoms with Gasteiger partial charge in [-0.3, -0.25) is 13.8 Å². The van der Waals surface area contributed by atoms with Gasteiger partial charge in [0.2, 0.25) is 5.91 Å². The van der Waals surface area contributed by atoms with Gasteiger partial charge in [-0.25, -0.2) is 4.57 Å². The summed E-state index contributed by atoms with van der Waals surface area (Å²) < 4.78 is 21.9. The third-order valence-electron chi connectivity index (χ3n) is 7.36. The molecule has 0 bridgehead atoms. The lowest BCUT2D eigenvalue weighted by Crippen LogP contribution is -2.45. The van der Waals surface area contributed by atoms with Crippen LogP contribution in [0.2, 0.25) is 0 Å². The summed E-state index contributed by atoms with van der Waals surface area (Å²) in [5.74, 6) is -0.197. The lowest BCUT2D eigenvalue weighted by molar-refractivity contribution is -0.123. The first-order valence-corrected chi connectivity index (χ1v) is 18.3. The van der Waals surface area contributed by atoms with Crippen LogP contribution in [0.15, 0.2) is 12.2 Å². The standard InChI is InChI=1S/C32H65N2O6P/c1-3-5-7-9-11-13-15-16-18-20-22-24-26-32(36)34-30(29-40-41(37,38)39-28-27-33)31(35)25-23-21-19-17-14-12-10-8-6-4-2/h23,25,30-31,35H,3-22,24,26-29,33H2,1-2H3,(H,34,36)(H,37,38)/b25-23+/t30-,31+/m0/s1. The second-order valence-corrected chi connectivity index (χ2v) is 12.8. The zero-order chi connectivity index (χ0) is 30.4. The molecule has 5 N–H and O–H groups in total. The van der Waals surface area contributed by atoms with Gasteiger partial charge < -0.3 is 21.1 Å². The zero-order valence-electron chi connectivity index (χ0n) is 26.5. The summed E-state index contributed by atoms with van der Waals surface area (Å²) in [6, 6.07) is -0.850. The molecule has 0 saturated carbocycles. The summed E-state index contributed by atoms with van der Waals surface area (Å²) in [7, 11) is -4.32. The van der Waals surface area contributed by atoms with Crippen molar-refractivity contribution in [2.24, 2.45) is 5.73 Å². The maximum Gasteiger partial charge on any atom is 0.472 e. The topological polar surface area (TPSA) is 131 Å². The van der Waals surface area contributed by atoms with Gasteiger partial charge in [-0.1, -0.05) is 142 Å². The molecular formula is C32H65N2O6P. The molecule has 0 aliphatic rings. The van der Waals surface area contributed by atoms with Crippen LogP contribution in [0.25, 0.3) is 0 Å². The molecule has 0 saturated heterocycles. The fraction of sp³-hybridized carbons (Fsp3) is 0.906. The van der Waals surface area contributed by atoms with E-state index in [1.807, 2.05) is 6.08 Å². The van der Waals surface area contributed by atoms with Crippen LogP contribution < -0.4 is 11.1 Å². The molecule has 0 spiro atoms. The first kappa shape index (κ1) is 40.2. The Hall–Kier alpha value is -0.760. The largest absolute Gasteiger partial charge is 0.472 e. The lowest BCUT2D eigenvalue weighted by atomic mass is 10.0. The molecule has 0 aromatic rings. The number of carbonyl (C=O) groups is 1. The molecule has 3 atom stereocenters. The highest BCUT2D eigenvalue weighted by Gasteiger charge is 2.26. The fourth-order valence-corrected chi connectivity index (χ4v) is 5.54. The Balaban J connectivity index is 4.38. The molecule has 244 valence electrons. The van der Waals surface area contributed by atoms with E-state index in [9.17, 15) is 19.4 Å². The monoisotopic (exact) mass is 604 g/mol. The van der Waals surface area contributed by atoms with Crippen LogP contribution in [0.5, 0.6) is 0 Å². The molecule has 1 unspecified atom stereocenters. The number of nitrogens with one attached hydrogen (secondary N) is 1. The van der Waals surface area contributed by atoms with E-state index in [0.29, 0.717) is 6.42 Å². The van der Waals surface area contributed by atoms with Gasteiger partial charge in [0.25, 0.3) is 0 Å². The van der Waals surface area contributed by atoms with Gasteiger partial charge in [-0.2, -0.15) is 0 Å². The number of nitrogens with two attached hydrogens (primary N) is 1. The summed E-state index contributed by atoms with van der Waals surface area (Å²) >= 11 is 0. The molecule has 0 fully saturated rings. The van der Waals surface area contributed by atoms with E-state index in [1.54, 1.807) is 6.08 Å². The van der Waals surface area contributed by atoms with Gasteiger partial charge >= 0.3 is 7.82 Å². The molecular weight excluding hydrogens is 539 g/mol. The van der Waals surface area contributed by atoms with Gasteiger partial charge in [0.05, 0.1) is 25.4 Å². The van der Waals surface area contributed by atoms with Gasteiger partial charge in [-0.05, 0) is 19.3 Å². The average molecular weight is 605 g/mol. The van der Waals surface area contributed by atoms with Crippen LogP contribution in [0, 0.1) is 0 Å². The van der Waals surface area contributed by atoms with Gasteiger partial charge in [-0.15, -0.1) is 0 Å². The number of hydrogen-bond donors (Lipinski definition) is 4. The van der Waals surface area contributed by atoms with Crippen LogP contribution in [0.4, 0.5) is 0 Å². The summed E-state index contributed by atoms with van der Waals surface area (Å²) in [4.78, 5) is 22.4. The highest BCUT2D eigenvalue weighted by atomic mass is 31.2. The molecule has 0 heterocycles. The van der Waals surface area contributed by atoms with Crippen molar-refractivity contribution in [1.82, 2.24) is 5.32 Å². The van der Waals surface area contributed by atoms with E-state index in [4.69, 9.17) is 14.8 Å². The number of aliphatic hydroxyl groups is 1. The molecule has 41 heavy (non-hydrogen) atoms. The molecule has 9 heteroatoms. The van der Waals surface area contributed by atoms with Crippen molar-refractivity contribution in [2.45, 2.75) is 167 Å². The molecule has 0 aromatic heterocycles. The molecule has 1 amide bonds. The number of amides is 1. The van der Waals surface area contributed by atoms with E-state index < -0.39 is 20.0 Å². The SMILES string of the molecule is CCCCCCCCCC/C=C/[C@@H](O)[C@H](COP(=O)(O)OCCN)NC(=O)CCCCCCCCCCCCCC. The van der Waals surface area contributed by atoms with Crippen LogP contribution in [-0.4, -0.2) is 47.8 Å². The summed E-state index contributed by atoms with van der Waals surface area (Å²) in [6.07, 6.45) is 28.2. The average Bonchev–Trinajstić information content (AvgIpc) is 2.95. The van der Waals surface area contributed by atoms with Crippen molar-refractivity contribution >= 4 is 13.7 Å². The molecule has 0 aliphatic heterocycles. The van der Waals surface area contributed by atoms with Gasteiger partial charge in [0.15, 0.2) is 0 Å². The van der Waals surface area contributed by atoms with Crippen LogP contribution >= 0.6 is 7.82 Å². The van der Waals surface area contributed by atoms with Gasteiger partial charge in [0.1, 0.15) is 0 Å². The summed E-state index contributed by atoms with van der Waals surface area (Å²) in [5.41, 5.74) is 5.33. The first-order valence-electron chi connectivity index (χ1n) is 16.8. The zero-order valence-corrected chi connectivity index (χ0v) is 27.4. The van der Waals surface area contributed by atoms with Crippen LogP contribution in [-0.2, 0) is 18.4 Å². The number of aliphatic hydroxyl groups excluding tert-OH is 1. The molecule has 0 aromatic carbocycles. The number of hydrogen-bond acceptors (Lipinski definition) is 6. The van der Waals surface area contributed by atoms with Crippen molar-refractivity contribution < 1.29 is 28.4 Å². The minimum absolute atomic E-state index is 0.0806. The second-order valence-electron chi connectivity index (χ2n) is 11.4. The maximum atomic E-state index is 12.6. The Morgan fingerprint density at radius 2 is 1.24 bits per heavy atom. The Morgan fingerprint density at radius 3 is 1.73 bits per heavy atom. The normalized spacial score (nSPS) is 14.8. The Labute approximate surface area is 252 Å². The third kappa shape index (κ3) is 27.8. The van der Waals surface area contributed by atoms with Crippen molar-refractivity contribution in [2.75, 3.05) is 19.8 Å². The Morgan fingerprint density at radius 1 is 0.780 bits per heavy atom. The molecule has 0 radical (unpaired) electrons. The minimum atomic E-state index is -4.32. The van der Waals surface area contributed by atoms with Crippen molar-refractivity contribution in [3.05, 3.63) is 12.2 Å². The highest BCUT2D eigenvalue weighted by Crippen LogP contribution is 2.43. The number of carbonyl (C=O) groups excluding carboxylic acids is 1. The van der Waals surface area contributed by atoms with Crippen molar-refractivity contribution in [3.8, 4) is 0 Å². The second kappa shape index (κ2) is 29.3. The lowest BCUT2D eigenvalue weighted by Gasteiger charge is -2.23. The first-order chi connectivity index (χ1) is 19.9. The maximum absolute atomic E-state index is 12.6. The van der Waals surface area contributed by atoms with E-state index >= 15 is 0 Å². The number of rotatable bonds is 31. The van der Waals surface area contributed by atoms with E-state index in [2.05, 4.69) is 19.2 Å².